The minimum absolute atomic E-state index is 0.157. The molecule has 2 aliphatic rings. The van der Waals surface area contributed by atoms with Crippen molar-refractivity contribution in [1.82, 2.24) is 0 Å². The van der Waals surface area contributed by atoms with E-state index in [2.05, 4.69) is 48.5 Å². The Morgan fingerprint density at radius 1 is 0.581 bits per heavy atom. The first-order chi connectivity index (χ1) is 15.3. The van der Waals surface area contributed by atoms with E-state index >= 15 is 0 Å². The molecule has 2 unspecified atom stereocenters. The molecule has 2 aliphatic heterocycles. The maximum Gasteiger partial charge on any atom is 0.230 e. The smallest absolute Gasteiger partial charge is 0.230 e. The molecule has 2 heterocycles. The van der Waals surface area contributed by atoms with Crippen LogP contribution in [0.1, 0.15) is 11.1 Å². The Labute approximate surface area is 181 Å². The summed E-state index contributed by atoms with van der Waals surface area (Å²) in [6, 6.07) is 25.1. The van der Waals surface area contributed by atoms with Crippen molar-refractivity contribution in [2.75, 3.05) is 20.0 Å². The highest BCUT2D eigenvalue weighted by atomic mass is 16.7. The van der Waals surface area contributed by atoms with E-state index in [1.807, 2.05) is 24.3 Å². The zero-order valence-corrected chi connectivity index (χ0v) is 17.3. The van der Waals surface area contributed by atoms with Crippen molar-refractivity contribution in [3.05, 3.63) is 83.9 Å². The van der Waals surface area contributed by atoms with Crippen molar-refractivity contribution < 1.29 is 18.9 Å². The van der Waals surface area contributed by atoms with Gasteiger partial charge in [0.05, 0.1) is 25.4 Å². The van der Waals surface area contributed by atoms with Gasteiger partial charge in [0.1, 0.15) is 11.5 Å². The van der Waals surface area contributed by atoms with Gasteiger partial charge in [-0.2, -0.15) is 0 Å². The van der Waals surface area contributed by atoms with Crippen LogP contribution in [-0.4, -0.2) is 32.2 Å². The van der Waals surface area contributed by atoms with E-state index in [-0.39, 0.29) is 6.79 Å². The van der Waals surface area contributed by atoms with Crippen LogP contribution in [0.5, 0.6) is 11.5 Å². The molecule has 4 heteroatoms. The number of benzene rings is 4. The molecule has 0 saturated carbocycles. The molecule has 0 bridgehead atoms. The van der Waals surface area contributed by atoms with Gasteiger partial charge in [-0.1, -0.05) is 60.7 Å². The normalized spacial score (nSPS) is 19.5. The molecule has 0 radical (unpaired) electrons. The molecule has 0 aromatic heterocycles. The Kier molecular flexibility index (Phi) is 4.74. The van der Waals surface area contributed by atoms with Crippen molar-refractivity contribution in [2.24, 2.45) is 0 Å². The van der Waals surface area contributed by atoms with E-state index in [1.165, 1.54) is 21.9 Å². The summed E-state index contributed by atoms with van der Waals surface area (Å²) in [4.78, 5) is 0. The van der Waals surface area contributed by atoms with Crippen LogP contribution >= 0.6 is 0 Å². The lowest BCUT2D eigenvalue weighted by atomic mass is 10.0. The third-order valence-electron chi connectivity index (χ3n) is 6.08. The maximum absolute atomic E-state index is 6.08. The summed E-state index contributed by atoms with van der Waals surface area (Å²) >= 11 is 0. The highest BCUT2D eigenvalue weighted by Gasteiger charge is 2.24. The molecule has 4 aromatic rings. The largest absolute Gasteiger partial charge is 0.457 e. The van der Waals surface area contributed by atoms with Crippen molar-refractivity contribution in [1.29, 1.82) is 0 Å². The molecule has 0 amide bonds. The second kappa shape index (κ2) is 7.88. The third-order valence-corrected chi connectivity index (χ3v) is 6.08. The van der Waals surface area contributed by atoms with Gasteiger partial charge >= 0.3 is 0 Å². The summed E-state index contributed by atoms with van der Waals surface area (Å²) in [6.45, 7) is 1.88. The monoisotopic (exact) mass is 412 g/mol. The predicted molar refractivity (Wildman–Crippen MR) is 121 cm³/mol. The van der Waals surface area contributed by atoms with Gasteiger partial charge < -0.3 is 18.9 Å². The van der Waals surface area contributed by atoms with E-state index in [9.17, 15) is 0 Å². The lowest BCUT2D eigenvalue weighted by Crippen LogP contribution is -2.07. The summed E-state index contributed by atoms with van der Waals surface area (Å²) in [5.41, 5.74) is 2.60. The second-order valence-corrected chi connectivity index (χ2v) is 8.26. The maximum atomic E-state index is 6.08. The number of hydrogen-bond acceptors (Lipinski definition) is 4. The third kappa shape index (κ3) is 3.97. The Bertz CT molecular complexity index is 1140. The highest BCUT2D eigenvalue weighted by molar-refractivity contribution is 5.92. The highest BCUT2D eigenvalue weighted by Crippen LogP contribution is 2.33. The Hall–Kier alpha value is -3.08. The quantitative estimate of drug-likeness (QED) is 0.291. The molecule has 0 spiro atoms. The topological polar surface area (TPSA) is 43.5 Å². The van der Waals surface area contributed by atoms with Crippen molar-refractivity contribution in [2.45, 2.75) is 25.0 Å². The van der Waals surface area contributed by atoms with E-state index in [0.717, 1.165) is 48.3 Å². The lowest BCUT2D eigenvalue weighted by Gasteiger charge is -2.15. The fourth-order valence-corrected chi connectivity index (χ4v) is 4.29. The van der Waals surface area contributed by atoms with Crippen molar-refractivity contribution >= 4 is 21.5 Å². The van der Waals surface area contributed by atoms with Gasteiger partial charge in [0.2, 0.25) is 6.79 Å². The molecule has 4 aromatic carbocycles. The average Bonchev–Trinajstić information content (AvgIpc) is 3.73. The molecule has 2 atom stereocenters. The zero-order valence-electron chi connectivity index (χ0n) is 17.3. The van der Waals surface area contributed by atoms with Gasteiger partial charge in [-0.15, -0.1) is 0 Å². The van der Waals surface area contributed by atoms with Gasteiger partial charge in [0.15, 0.2) is 0 Å². The van der Waals surface area contributed by atoms with E-state index in [4.69, 9.17) is 18.9 Å². The van der Waals surface area contributed by atoms with E-state index in [0.29, 0.717) is 12.2 Å². The second-order valence-electron chi connectivity index (χ2n) is 8.26. The summed E-state index contributed by atoms with van der Waals surface area (Å²) < 4.78 is 23.0. The first-order valence-electron chi connectivity index (χ1n) is 10.9. The minimum Gasteiger partial charge on any atom is -0.457 e. The first kappa shape index (κ1) is 18.7. The molecule has 6 rings (SSSR count). The Morgan fingerprint density at radius 3 is 1.42 bits per heavy atom. The van der Waals surface area contributed by atoms with Crippen LogP contribution in [-0.2, 0) is 22.3 Å². The number of epoxide rings is 2. The first-order valence-corrected chi connectivity index (χ1v) is 10.9. The molecule has 0 N–H and O–H groups in total. The standard InChI is InChI=1S/C27H24O4/c1-3-7-24-22(5-1)18(13-20-15-28-20)9-11-26(24)30-17-31-27-12-10-19(14-21-16-29-21)23-6-2-4-8-25(23)27/h1-12,20-21H,13-17H2. The number of rotatable bonds is 8. The average molecular weight is 412 g/mol. The fourth-order valence-electron chi connectivity index (χ4n) is 4.29. The lowest BCUT2D eigenvalue weighted by molar-refractivity contribution is 0.123. The Morgan fingerprint density at radius 2 is 1.00 bits per heavy atom. The van der Waals surface area contributed by atoms with Gasteiger partial charge in [0, 0.05) is 23.6 Å². The number of fused-ring (bicyclic) bond motifs is 2. The molecule has 0 aliphatic carbocycles. The molecule has 31 heavy (non-hydrogen) atoms. The molecule has 156 valence electrons. The van der Waals surface area contributed by atoms with Crippen LogP contribution in [0.25, 0.3) is 21.5 Å². The molecular weight excluding hydrogens is 388 g/mol. The van der Waals surface area contributed by atoms with E-state index < -0.39 is 0 Å². The fraction of sp³-hybridized carbons (Fsp3) is 0.259. The summed E-state index contributed by atoms with van der Waals surface area (Å²) in [5.74, 6) is 1.67. The summed E-state index contributed by atoms with van der Waals surface area (Å²) in [6.07, 6.45) is 2.62. The van der Waals surface area contributed by atoms with Crippen molar-refractivity contribution in [3.63, 3.8) is 0 Å². The summed E-state index contributed by atoms with van der Waals surface area (Å²) in [5, 5.41) is 4.64. The Balaban J connectivity index is 1.22. The van der Waals surface area contributed by atoms with Gasteiger partial charge in [-0.3, -0.25) is 0 Å². The van der Waals surface area contributed by atoms with Crippen LogP contribution in [0, 0.1) is 0 Å². The number of hydrogen-bond donors (Lipinski definition) is 0. The molecule has 4 nitrogen and oxygen atoms in total. The van der Waals surface area contributed by atoms with Gasteiger partial charge in [-0.05, 0) is 34.0 Å². The predicted octanol–water partition coefficient (Wildman–Crippen LogP) is 5.29. The summed E-state index contributed by atoms with van der Waals surface area (Å²) in [7, 11) is 0. The SMILES string of the molecule is c1ccc2c(OCOc3ccc(CC4CO4)c4ccccc34)ccc(CC3CO3)c2c1. The minimum atomic E-state index is 0.157. The zero-order chi connectivity index (χ0) is 20.6. The number of ether oxygens (including phenoxy) is 4. The van der Waals surface area contributed by atoms with E-state index in [1.54, 1.807) is 0 Å². The van der Waals surface area contributed by atoms with Gasteiger partial charge in [-0.25, -0.2) is 0 Å². The van der Waals surface area contributed by atoms with Crippen molar-refractivity contribution in [3.8, 4) is 11.5 Å². The van der Waals surface area contributed by atoms with Crippen LogP contribution in [0.4, 0.5) is 0 Å². The van der Waals surface area contributed by atoms with Crippen LogP contribution < -0.4 is 9.47 Å². The molecular formula is C27H24O4. The van der Waals surface area contributed by atoms with Crippen LogP contribution in [0.15, 0.2) is 72.8 Å². The van der Waals surface area contributed by atoms with Gasteiger partial charge in [0.25, 0.3) is 0 Å². The molecule has 2 fully saturated rings. The van der Waals surface area contributed by atoms with Crippen LogP contribution in [0.2, 0.25) is 0 Å². The van der Waals surface area contributed by atoms with Crippen LogP contribution in [0.3, 0.4) is 0 Å². The molecule has 2 saturated heterocycles.